The lowest BCUT2D eigenvalue weighted by Crippen LogP contribution is -2.47. The Balaban J connectivity index is 1.77. The first-order chi connectivity index (χ1) is 11.2. The molecule has 1 atom stereocenters. The molecule has 124 valence electrons. The highest BCUT2D eigenvalue weighted by molar-refractivity contribution is 5.88. The molecule has 0 saturated carbocycles. The van der Waals surface area contributed by atoms with Crippen molar-refractivity contribution >= 4 is 11.8 Å². The molecule has 2 saturated heterocycles. The van der Waals surface area contributed by atoms with Gasteiger partial charge >= 0.3 is 0 Å². The Bertz CT molecular complexity index is 584. The van der Waals surface area contributed by atoms with Crippen molar-refractivity contribution in [3.63, 3.8) is 0 Å². The fraction of sp³-hybridized carbons (Fsp3) is 0.529. The summed E-state index contributed by atoms with van der Waals surface area (Å²) in [5.74, 6) is 0.675. The molecule has 6 nitrogen and oxygen atoms in total. The number of benzene rings is 1. The van der Waals surface area contributed by atoms with Crippen molar-refractivity contribution in [1.82, 2.24) is 15.5 Å². The van der Waals surface area contributed by atoms with Crippen LogP contribution in [0.25, 0.3) is 0 Å². The Kier molecular flexibility index (Phi) is 4.81. The third-order valence-corrected chi connectivity index (χ3v) is 4.59. The van der Waals surface area contributed by atoms with E-state index in [-0.39, 0.29) is 30.4 Å². The Morgan fingerprint density at radius 3 is 2.74 bits per heavy atom. The summed E-state index contributed by atoms with van der Waals surface area (Å²) in [6.07, 6.45) is 2.11. The number of carbonyl (C=O) groups excluding carboxylic acids is 2. The van der Waals surface area contributed by atoms with Gasteiger partial charge in [-0.1, -0.05) is 12.1 Å². The van der Waals surface area contributed by atoms with Gasteiger partial charge in [0.1, 0.15) is 5.75 Å². The van der Waals surface area contributed by atoms with E-state index in [1.54, 1.807) is 12.0 Å². The van der Waals surface area contributed by atoms with E-state index in [0.717, 1.165) is 37.2 Å². The standard InChI is InChI=1S/C17H23N3O3/c1-23-14-4-2-3-12(9-14)15-10-17(22)20(11-16(21)19-15)13-5-7-18-8-6-13/h2-4,9,13,15,18H,5-8,10-11H2,1H3,(H,19,21)/t15-/m1/s1. The number of nitrogens with one attached hydrogen (secondary N) is 2. The fourth-order valence-corrected chi connectivity index (χ4v) is 3.34. The molecule has 0 bridgehead atoms. The number of rotatable bonds is 3. The number of methoxy groups -OCH3 is 1. The summed E-state index contributed by atoms with van der Waals surface area (Å²) in [4.78, 5) is 26.7. The molecule has 0 aliphatic carbocycles. The van der Waals surface area contributed by atoms with Gasteiger partial charge in [-0.25, -0.2) is 0 Å². The maximum Gasteiger partial charge on any atom is 0.240 e. The molecule has 6 heteroatoms. The molecule has 0 unspecified atom stereocenters. The Labute approximate surface area is 136 Å². The molecule has 1 aromatic carbocycles. The lowest BCUT2D eigenvalue weighted by atomic mass is 10.0. The zero-order valence-electron chi connectivity index (χ0n) is 13.4. The van der Waals surface area contributed by atoms with Gasteiger partial charge in [-0.2, -0.15) is 0 Å². The molecule has 2 fully saturated rings. The largest absolute Gasteiger partial charge is 0.497 e. The number of hydrogen-bond donors (Lipinski definition) is 2. The number of ether oxygens (including phenoxy) is 1. The van der Waals surface area contributed by atoms with Crippen LogP contribution in [-0.4, -0.2) is 49.5 Å². The lowest BCUT2D eigenvalue weighted by Gasteiger charge is -2.33. The van der Waals surface area contributed by atoms with Crippen molar-refractivity contribution in [2.75, 3.05) is 26.7 Å². The maximum absolute atomic E-state index is 12.7. The van der Waals surface area contributed by atoms with Crippen LogP contribution in [0, 0.1) is 0 Å². The number of piperidine rings is 1. The molecule has 0 aromatic heterocycles. The van der Waals surface area contributed by atoms with E-state index in [0.29, 0.717) is 6.42 Å². The summed E-state index contributed by atoms with van der Waals surface area (Å²) in [7, 11) is 1.61. The topological polar surface area (TPSA) is 70.7 Å². The molecule has 2 amide bonds. The van der Waals surface area contributed by atoms with Crippen LogP contribution in [0.3, 0.4) is 0 Å². The van der Waals surface area contributed by atoms with Gasteiger partial charge in [0.25, 0.3) is 0 Å². The second-order valence-corrected chi connectivity index (χ2v) is 6.10. The SMILES string of the molecule is COc1cccc([C@H]2CC(=O)N(C3CCNCC3)CC(=O)N2)c1. The second kappa shape index (κ2) is 7.00. The van der Waals surface area contributed by atoms with E-state index in [1.807, 2.05) is 24.3 Å². The van der Waals surface area contributed by atoms with E-state index < -0.39 is 0 Å². The molecular weight excluding hydrogens is 294 g/mol. The molecule has 2 aliphatic rings. The summed E-state index contributed by atoms with van der Waals surface area (Å²) in [5.41, 5.74) is 0.901. The van der Waals surface area contributed by atoms with Crippen LogP contribution in [0.15, 0.2) is 24.3 Å². The van der Waals surface area contributed by atoms with Crippen molar-refractivity contribution in [3.8, 4) is 5.75 Å². The first-order valence-corrected chi connectivity index (χ1v) is 8.11. The second-order valence-electron chi connectivity index (χ2n) is 6.10. The molecule has 23 heavy (non-hydrogen) atoms. The first kappa shape index (κ1) is 15.8. The Morgan fingerprint density at radius 2 is 2.00 bits per heavy atom. The zero-order chi connectivity index (χ0) is 16.2. The lowest BCUT2D eigenvalue weighted by molar-refractivity contribution is -0.136. The number of amides is 2. The Hall–Kier alpha value is -2.08. The van der Waals surface area contributed by atoms with E-state index in [2.05, 4.69) is 10.6 Å². The van der Waals surface area contributed by atoms with E-state index in [1.165, 1.54) is 0 Å². The number of nitrogens with zero attached hydrogens (tertiary/aromatic N) is 1. The van der Waals surface area contributed by atoms with Crippen molar-refractivity contribution < 1.29 is 14.3 Å². The summed E-state index contributed by atoms with van der Waals surface area (Å²) in [5, 5.41) is 6.26. The number of hydrogen-bond acceptors (Lipinski definition) is 4. The molecule has 2 aliphatic heterocycles. The van der Waals surface area contributed by atoms with Crippen molar-refractivity contribution in [3.05, 3.63) is 29.8 Å². The van der Waals surface area contributed by atoms with Crippen molar-refractivity contribution in [2.45, 2.75) is 31.3 Å². The molecule has 2 N–H and O–H groups in total. The van der Waals surface area contributed by atoms with Gasteiger partial charge in [-0.3, -0.25) is 9.59 Å². The smallest absolute Gasteiger partial charge is 0.240 e. The van der Waals surface area contributed by atoms with Gasteiger partial charge in [0.05, 0.1) is 26.1 Å². The molecule has 3 rings (SSSR count). The third-order valence-electron chi connectivity index (χ3n) is 4.59. The summed E-state index contributed by atoms with van der Waals surface area (Å²) < 4.78 is 5.23. The van der Waals surface area contributed by atoms with Gasteiger partial charge in [-0.15, -0.1) is 0 Å². The van der Waals surface area contributed by atoms with Crippen LogP contribution >= 0.6 is 0 Å². The highest BCUT2D eigenvalue weighted by Gasteiger charge is 2.33. The van der Waals surface area contributed by atoms with Gasteiger partial charge in [0.15, 0.2) is 0 Å². The minimum absolute atomic E-state index is 0.0445. The highest BCUT2D eigenvalue weighted by Crippen LogP contribution is 2.25. The maximum atomic E-state index is 12.7. The van der Waals surface area contributed by atoms with Crippen molar-refractivity contribution in [2.24, 2.45) is 0 Å². The minimum Gasteiger partial charge on any atom is -0.497 e. The minimum atomic E-state index is -0.295. The predicted molar refractivity (Wildman–Crippen MR) is 86.1 cm³/mol. The molecule has 1 aromatic rings. The average molecular weight is 317 g/mol. The van der Waals surface area contributed by atoms with E-state index in [9.17, 15) is 9.59 Å². The number of carbonyl (C=O) groups is 2. The van der Waals surface area contributed by atoms with Gasteiger partial charge in [0.2, 0.25) is 11.8 Å². The normalized spacial score (nSPS) is 23.3. The van der Waals surface area contributed by atoms with Crippen LogP contribution in [0.1, 0.15) is 30.9 Å². The first-order valence-electron chi connectivity index (χ1n) is 8.11. The third kappa shape index (κ3) is 3.64. The zero-order valence-corrected chi connectivity index (χ0v) is 13.4. The monoisotopic (exact) mass is 317 g/mol. The van der Waals surface area contributed by atoms with E-state index in [4.69, 9.17) is 4.74 Å². The molecule has 2 heterocycles. The van der Waals surface area contributed by atoms with Gasteiger partial charge < -0.3 is 20.3 Å². The van der Waals surface area contributed by atoms with Crippen LogP contribution in [0.5, 0.6) is 5.75 Å². The quantitative estimate of drug-likeness (QED) is 0.866. The van der Waals surface area contributed by atoms with Gasteiger partial charge in [-0.05, 0) is 43.6 Å². The Morgan fingerprint density at radius 1 is 1.22 bits per heavy atom. The van der Waals surface area contributed by atoms with Crippen LogP contribution in [-0.2, 0) is 9.59 Å². The van der Waals surface area contributed by atoms with Crippen molar-refractivity contribution in [1.29, 1.82) is 0 Å². The van der Waals surface area contributed by atoms with Crippen LogP contribution < -0.4 is 15.4 Å². The van der Waals surface area contributed by atoms with Crippen LogP contribution in [0.4, 0.5) is 0 Å². The molecule has 0 radical (unpaired) electrons. The summed E-state index contributed by atoms with van der Waals surface area (Å²) in [6, 6.07) is 7.39. The summed E-state index contributed by atoms with van der Waals surface area (Å²) >= 11 is 0. The highest BCUT2D eigenvalue weighted by atomic mass is 16.5. The predicted octanol–water partition coefficient (Wildman–Crippen LogP) is 0.837. The molecule has 0 spiro atoms. The van der Waals surface area contributed by atoms with E-state index >= 15 is 0 Å². The van der Waals surface area contributed by atoms with Gasteiger partial charge in [0, 0.05) is 6.04 Å². The average Bonchev–Trinajstić information content (AvgIpc) is 2.74. The summed E-state index contributed by atoms with van der Waals surface area (Å²) in [6.45, 7) is 1.95. The van der Waals surface area contributed by atoms with Crippen LogP contribution in [0.2, 0.25) is 0 Å². The fourth-order valence-electron chi connectivity index (χ4n) is 3.34. The molecular formula is C17H23N3O3.